The van der Waals surface area contributed by atoms with E-state index in [2.05, 4.69) is 11.9 Å². The molecule has 0 heterocycles. The van der Waals surface area contributed by atoms with Gasteiger partial charge in [-0.3, -0.25) is 4.79 Å². The van der Waals surface area contributed by atoms with Crippen molar-refractivity contribution in [1.82, 2.24) is 5.32 Å². The smallest absolute Gasteiger partial charge is 0.381 e. The third-order valence-electron chi connectivity index (χ3n) is 3.78. The van der Waals surface area contributed by atoms with Crippen molar-refractivity contribution in [1.29, 1.82) is 0 Å². The molecule has 0 bridgehead atoms. The number of nitrogens with one attached hydrogen (secondary N) is 1. The first-order chi connectivity index (χ1) is 12.4. The molecule has 0 saturated heterocycles. The Bertz CT molecular complexity index is 835. The molecular weight excluding hydrogens is 372 g/mol. The number of hydrogen-bond acceptors (Lipinski definition) is 2. The number of halogens is 6. The molecule has 0 atom stereocenters. The molecule has 0 fully saturated rings. The quantitative estimate of drug-likeness (QED) is 0.528. The highest BCUT2D eigenvalue weighted by molar-refractivity contribution is 5.98. The van der Waals surface area contributed by atoms with Crippen LogP contribution < -0.4 is 5.32 Å². The lowest BCUT2D eigenvalue weighted by molar-refractivity contribution is -0.143. The summed E-state index contributed by atoms with van der Waals surface area (Å²) in [6.07, 6.45) is -9.82. The first-order valence-corrected chi connectivity index (χ1v) is 7.71. The molecule has 2 nitrogen and oxygen atoms in total. The van der Waals surface area contributed by atoms with E-state index in [1.54, 1.807) is 24.3 Å². The maximum absolute atomic E-state index is 12.9. The van der Waals surface area contributed by atoms with E-state index in [4.69, 9.17) is 0 Å². The van der Waals surface area contributed by atoms with Crippen molar-refractivity contribution in [2.45, 2.75) is 25.8 Å². The molecule has 2 aromatic carbocycles. The van der Waals surface area contributed by atoms with Crippen molar-refractivity contribution in [2.24, 2.45) is 0 Å². The largest absolute Gasteiger partial charge is 0.416 e. The topological polar surface area (TPSA) is 29.1 Å². The van der Waals surface area contributed by atoms with Crippen LogP contribution in [0.4, 0.5) is 26.3 Å². The van der Waals surface area contributed by atoms with Crippen molar-refractivity contribution in [3.8, 4) is 0 Å². The maximum Gasteiger partial charge on any atom is 0.416 e. The van der Waals surface area contributed by atoms with Gasteiger partial charge in [0, 0.05) is 23.4 Å². The zero-order valence-corrected chi connectivity index (χ0v) is 14.1. The van der Waals surface area contributed by atoms with E-state index in [0.717, 1.165) is 0 Å². The minimum atomic E-state index is -4.91. The van der Waals surface area contributed by atoms with E-state index in [0.29, 0.717) is 23.3 Å². The van der Waals surface area contributed by atoms with E-state index < -0.39 is 23.5 Å². The van der Waals surface area contributed by atoms with Gasteiger partial charge in [0.2, 0.25) is 0 Å². The normalized spacial score (nSPS) is 12.0. The number of benzene rings is 2. The summed E-state index contributed by atoms with van der Waals surface area (Å²) in [5.74, 6) is -0.244. The van der Waals surface area contributed by atoms with Crippen LogP contribution in [0.25, 0.3) is 5.70 Å². The van der Waals surface area contributed by atoms with E-state index in [-0.39, 0.29) is 29.7 Å². The highest BCUT2D eigenvalue weighted by Crippen LogP contribution is 2.36. The average Bonchev–Trinajstić information content (AvgIpc) is 2.57. The Morgan fingerprint density at radius 1 is 0.926 bits per heavy atom. The summed E-state index contributed by atoms with van der Waals surface area (Å²) < 4.78 is 77.4. The van der Waals surface area contributed by atoms with Gasteiger partial charge in [-0.1, -0.05) is 30.8 Å². The lowest BCUT2D eigenvalue weighted by atomic mass is 10.0. The number of carbonyl (C=O) groups is 1. The number of hydrogen-bond donors (Lipinski definition) is 1. The summed E-state index contributed by atoms with van der Waals surface area (Å²) >= 11 is 0. The summed E-state index contributed by atoms with van der Waals surface area (Å²) in [6.45, 7) is 4.74. The fourth-order valence-corrected chi connectivity index (χ4v) is 2.48. The van der Waals surface area contributed by atoms with Gasteiger partial charge in [0.1, 0.15) is 0 Å². The maximum atomic E-state index is 12.9. The van der Waals surface area contributed by atoms with E-state index in [1.165, 1.54) is 6.92 Å². The van der Waals surface area contributed by atoms with Gasteiger partial charge < -0.3 is 5.32 Å². The molecule has 0 unspecified atom stereocenters. The molecule has 0 aromatic heterocycles. The van der Waals surface area contributed by atoms with Gasteiger partial charge in [0.15, 0.2) is 5.78 Å². The first kappa shape index (κ1) is 20.5. The molecule has 0 aliphatic carbocycles. The third-order valence-corrected chi connectivity index (χ3v) is 3.78. The highest BCUT2D eigenvalue weighted by Gasteiger charge is 2.36. The zero-order chi connectivity index (χ0) is 20.4. The SMILES string of the molecule is C=C(NCc1cc(C(F)(F)F)cc(C(F)(F)F)c1)c1ccccc1C(C)=O. The molecule has 27 heavy (non-hydrogen) atoms. The molecule has 1 N–H and O–H groups in total. The molecular formula is C19H15F6NO. The summed E-state index contributed by atoms with van der Waals surface area (Å²) in [6, 6.07) is 7.77. The van der Waals surface area contributed by atoms with Gasteiger partial charge in [-0.05, 0) is 30.7 Å². The minimum Gasteiger partial charge on any atom is -0.381 e. The second-order valence-corrected chi connectivity index (χ2v) is 5.85. The predicted molar refractivity (Wildman–Crippen MR) is 88.8 cm³/mol. The molecule has 0 amide bonds. The Balaban J connectivity index is 2.30. The Kier molecular flexibility index (Phi) is 5.67. The number of rotatable bonds is 5. The number of carbonyl (C=O) groups excluding carboxylic acids is 1. The highest BCUT2D eigenvalue weighted by atomic mass is 19.4. The molecule has 0 radical (unpaired) electrons. The minimum absolute atomic E-state index is 0.0728. The predicted octanol–water partition coefficient (Wildman–Crippen LogP) is 5.69. The van der Waals surface area contributed by atoms with E-state index in [1.807, 2.05) is 0 Å². The molecule has 0 spiro atoms. The van der Waals surface area contributed by atoms with Crippen LogP contribution in [0.5, 0.6) is 0 Å². The van der Waals surface area contributed by atoms with Gasteiger partial charge in [-0.2, -0.15) is 26.3 Å². The van der Waals surface area contributed by atoms with Crippen molar-refractivity contribution in [3.05, 3.63) is 76.9 Å². The van der Waals surface area contributed by atoms with E-state index >= 15 is 0 Å². The van der Waals surface area contributed by atoms with Gasteiger partial charge in [0.05, 0.1) is 11.1 Å². The molecule has 0 saturated carbocycles. The number of Topliss-reactive ketones (excluding diaryl/α,β-unsaturated/α-hetero) is 1. The van der Waals surface area contributed by atoms with Crippen LogP contribution in [0, 0.1) is 0 Å². The van der Waals surface area contributed by atoms with E-state index in [9.17, 15) is 31.1 Å². The van der Waals surface area contributed by atoms with Crippen LogP contribution >= 0.6 is 0 Å². The molecule has 2 rings (SSSR count). The van der Waals surface area contributed by atoms with Crippen molar-refractivity contribution in [2.75, 3.05) is 0 Å². The molecule has 0 aliphatic heterocycles. The summed E-state index contributed by atoms with van der Waals surface area (Å²) in [4.78, 5) is 11.6. The van der Waals surface area contributed by atoms with Gasteiger partial charge >= 0.3 is 12.4 Å². The molecule has 8 heteroatoms. The molecule has 144 valence electrons. The van der Waals surface area contributed by atoms with Crippen LogP contribution in [-0.4, -0.2) is 5.78 Å². The summed E-state index contributed by atoms with van der Waals surface area (Å²) in [5, 5.41) is 2.69. The number of ketones is 1. The monoisotopic (exact) mass is 387 g/mol. The zero-order valence-electron chi connectivity index (χ0n) is 14.1. The Morgan fingerprint density at radius 3 is 1.85 bits per heavy atom. The average molecular weight is 387 g/mol. The standard InChI is InChI=1S/C19H15F6NO/c1-11(16-5-3-4-6-17(16)12(2)27)26-10-13-7-14(18(20,21)22)9-15(8-13)19(23,24)25/h3-9,26H,1,10H2,2H3. The molecule has 0 aliphatic rings. The Labute approximate surface area is 151 Å². The van der Waals surface area contributed by atoms with Gasteiger partial charge in [-0.15, -0.1) is 0 Å². The summed E-state index contributed by atoms with van der Waals surface area (Å²) in [5.41, 5.74) is -2.00. The van der Waals surface area contributed by atoms with Gasteiger partial charge in [-0.25, -0.2) is 0 Å². The van der Waals surface area contributed by atoms with Crippen molar-refractivity contribution < 1.29 is 31.1 Å². The van der Waals surface area contributed by atoms with Crippen LogP contribution in [-0.2, 0) is 18.9 Å². The van der Waals surface area contributed by atoms with Crippen LogP contribution in [0.3, 0.4) is 0 Å². The second kappa shape index (κ2) is 7.46. The van der Waals surface area contributed by atoms with Crippen LogP contribution in [0.2, 0.25) is 0 Å². The fraction of sp³-hybridized carbons (Fsp3) is 0.211. The van der Waals surface area contributed by atoms with Crippen molar-refractivity contribution >= 4 is 11.5 Å². The lowest BCUT2D eigenvalue weighted by Crippen LogP contribution is -2.16. The summed E-state index contributed by atoms with van der Waals surface area (Å²) in [7, 11) is 0. The first-order valence-electron chi connectivity index (χ1n) is 7.71. The van der Waals surface area contributed by atoms with Crippen molar-refractivity contribution in [3.63, 3.8) is 0 Å². The third kappa shape index (κ3) is 5.12. The Hall–Kier alpha value is -2.77. The van der Waals surface area contributed by atoms with Crippen LogP contribution in [0.1, 0.15) is 39.5 Å². The number of alkyl halides is 6. The fourth-order valence-electron chi connectivity index (χ4n) is 2.48. The molecule has 2 aromatic rings. The van der Waals surface area contributed by atoms with Crippen LogP contribution in [0.15, 0.2) is 49.0 Å². The Morgan fingerprint density at radius 2 is 1.41 bits per heavy atom. The second-order valence-electron chi connectivity index (χ2n) is 5.85. The van der Waals surface area contributed by atoms with Gasteiger partial charge in [0.25, 0.3) is 0 Å². The lowest BCUT2D eigenvalue weighted by Gasteiger charge is -2.16.